The molecule has 6 nitrogen and oxygen atoms in total. The molecule has 0 bridgehead atoms. The summed E-state index contributed by atoms with van der Waals surface area (Å²) in [6.45, 7) is 1.11. The van der Waals surface area contributed by atoms with Gasteiger partial charge in [-0.05, 0) is 23.3 Å². The van der Waals surface area contributed by atoms with Gasteiger partial charge in [0, 0.05) is 27.2 Å². The van der Waals surface area contributed by atoms with E-state index in [0.717, 1.165) is 11.1 Å². The highest BCUT2D eigenvalue weighted by molar-refractivity contribution is 5.91. The third-order valence-corrected chi connectivity index (χ3v) is 3.09. The Morgan fingerprint density at radius 2 is 1.86 bits per heavy atom. The average Bonchev–Trinajstić information content (AvgIpc) is 2.52. The molecule has 0 unspecified atom stereocenters. The van der Waals surface area contributed by atoms with Crippen molar-refractivity contribution in [2.24, 2.45) is 5.73 Å². The molecule has 110 valence electrons. The van der Waals surface area contributed by atoms with E-state index >= 15 is 0 Å². The Kier molecular flexibility index (Phi) is 4.84. The highest BCUT2D eigenvalue weighted by Gasteiger charge is 2.10. The quantitative estimate of drug-likeness (QED) is 0.863. The number of amides is 1. The van der Waals surface area contributed by atoms with Crippen molar-refractivity contribution < 1.29 is 4.79 Å². The molecule has 0 aliphatic rings. The summed E-state index contributed by atoms with van der Waals surface area (Å²) < 4.78 is 0. The molecule has 0 spiro atoms. The van der Waals surface area contributed by atoms with Crippen LogP contribution in [0.3, 0.4) is 0 Å². The SMILES string of the molecule is CN(C)C(=O)c1ccc(NCc2ccccc2CN)nn1. The Labute approximate surface area is 124 Å². The van der Waals surface area contributed by atoms with Crippen molar-refractivity contribution in [2.75, 3.05) is 19.4 Å². The second-order valence-corrected chi connectivity index (χ2v) is 4.83. The Morgan fingerprint density at radius 3 is 2.43 bits per heavy atom. The van der Waals surface area contributed by atoms with Crippen LogP contribution in [0.2, 0.25) is 0 Å². The summed E-state index contributed by atoms with van der Waals surface area (Å²) in [5.41, 5.74) is 8.25. The van der Waals surface area contributed by atoms with Crippen LogP contribution >= 0.6 is 0 Å². The third-order valence-electron chi connectivity index (χ3n) is 3.09. The van der Waals surface area contributed by atoms with Gasteiger partial charge in [-0.1, -0.05) is 24.3 Å². The molecule has 0 saturated heterocycles. The van der Waals surface area contributed by atoms with E-state index in [2.05, 4.69) is 15.5 Å². The maximum Gasteiger partial charge on any atom is 0.273 e. The van der Waals surface area contributed by atoms with E-state index in [1.54, 1.807) is 26.2 Å². The van der Waals surface area contributed by atoms with Gasteiger partial charge in [0.1, 0.15) is 5.82 Å². The maximum atomic E-state index is 11.7. The normalized spacial score (nSPS) is 10.2. The molecule has 1 aromatic carbocycles. The lowest BCUT2D eigenvalue weighted by molar-refractivity contribution is 0.0821. The van der Waals surface area contributed by atoms with Crippen LogP contribution in [0.15, 0.2) is 36.4 Å². The number of nitrogens with zero attached hydrogens (tertiary/aromatic N) is 3. The molecule has 1 heterocycles. The number of hydrogen-bond donors (Lipinski definition) is 2. The molecule has 3 N–H and O–H groups in total. The fourth-order valence-electron chi connectivity index (χ4n) is 1.88. The highest BCUT2D eigenvalue weighted by atomic mass is 16.2. The fourth-order valence-corrected chi connectivity index (χ4v) is 1.88. The van der Waals surface area contributed by atoms with Crippen LogP contribution < -0.4 is 11.1 Å². The van der Waals surface area contributed by atoms with Crippen LogP contribution in [0.4, 0.5) is 5.82 Å². The Balaban J connectivity index is 2.02. The first-order valence-corrected chi connectivity index (χ1v) is 6.68. The Hall–Kier alpha value is -2.47. The predicted molar refractivity (Wildman–Crippen MR) is 81.7 cm³/mol. The van der Waals surface area contributed by atoms with Crippen LogP contribution in [-0.2, 0) is 13.1 Å². The molecule has 0 radical (unpaired) electrons. The van der Waals surface area contributed by atoms with Crippen LogP contribution in [0.1, 0.15) is 21.6 Å². The van der Waals surface area contributed by atoms with Crippen LogP contribution in [-0.4, -0.2) is 35.1 Å². The lowest BCUT2D eigenvalue weighted by Crippen LogP contribution is -2.23. The molecule has 0 aliphatic heterocycles. The summed E-state index contributed by atoms with van der Waals surface area (Å²) in [6, 6.07) is 11.4. The summed E-state index contributed by atoms with van der Waals surface area (Å²) in [7, 11) is 3.36. The van der Waals surface area contributed by atoms with Gasteiger partial charge in [-0.3, -0.25) is 4.79 Å². The first kappa shape index (κ1) is 14.9. The van der Waals surface area contributed by atoms with E-state index < -0.39 is 0 Å². The van der Waals surface area contributed by atoms with Crippen molar-refractivity contribution in [3.05, 3.63) is 53.2 Å². The van der Waals surface area contributed by atoms with Gasteiger partial charge in [-0.25, -0.2) is 0 Å². The van der Waals surface area contributed by atoms with Gasteiger partial charge in [0.25, 0.3) is 5.91 Å². The predicted octanol–water partition coefficient (Wildman–Crippen LogP) is 1.25. The molecule has 0 aliphatic carbocycles. The van der Waals surface area contributed by atoms with E-state index in [-0.39, 0.29) is 5.91 Å². The molecule has 2 rings (SSSR count). The molecule has 1 amide bonds. The summed E-state index contributed by atoms with van der Waals surface area (Å²) in [4.78, 5) is 13.2. The zero-order chi connectivity index (χ0) is 15.2. The summed E-state index contributed by atoms with van der Waals surface area (Å²) in [5, 5.41) is 11.1. The van der Waals surface area contributed by atoms with Gasteiger partial charge in [0.2, 0.25) is 0 Å². The van der Waals surface area contributed by atoms with Gasteiger partial charge in [0.05, 0.1) is 0 Å². The van der Waals surface area contributed by atoms with E-state index in [1.807, 2.05) is 24.3 Å². The first-order valence-electron chi connectivity index (χ1n) is 6.68. The second-order valence-electron chi connectivity index (χ2n) is 4.83. The van der Waals surface area contributed by atoms with E-state index in [9.17, 15) is 4.79 Å². The van der Waals surface area contributed by atoms with Crippen molar-refractivity contribution in [3.63, 3.8) is 0 Å². The van der Waals surface area contributed by atoms with Crippen molar-refractivity contribution >= 4 is 11.7 Å². The minimum absolute atomic E-state index is 0.164. The van der Waals surface area contributed by atoms with Gasteiger partial charge in [-0.15, -0.1) is 10.2 Å². The van der Waals surface area contributed by atoms with Crippen molar-refractivity contribution in [1.82, 2.24) is 15.1 Å². The minimum Gasteiger partial charge on any atom is -0.364 e. The van der Waals surface area contributed by atoms with Gasteiger partial charge < -0.3 is 16.0 Å². The fraction of sp³-hybridized carbons (Fsp3) is 0.267. The molecule has 0 atom stereocenters. The second kappa shape index (κ2) is 6.81. The molecule has 0 fully saturated rings. The topological polar surface area (TPSA) is 84.1 Å². The van der Waals surface area contributed by atoms with Crippen molar-refractivity contribution in [3.8, 4) is 0 Å². The number of hydrogen-bond acceptors (Lipinski definition) is 5. The van der Waals surface area contributed by atoms with Gasteiger partial charge >= 0.3 is 0 Å². The monoisotopic (exact) mass is 285 g/mol. The zero-order valence-corrected chi connectivity index (χ0v) is 12.2. The van der Waals surface area contributed by atoms with Crippen LogP contribution in [0.25, 0.3) is 0 Å². The lowest BCUT2D eigenvalue weighted by Gasteiger charge is -2.11. The molecule has 2 aromatic rings. The average molecular weight is 285 g/mol. The number of anilines is 1. The number of benzene rings is 1. The Morgan fingerprint density at radius 1 is 1.14 bits per heavy atom. The molecule has 6 heteroatoms. The molecular weight excluding hydrogens is 266 g/mol. The lowest BCUT2D eigenvalue weighted by atomic mass is 10.1. The smallest absolute Gasteiger partial charge is 0.273 e. The molecule has 0 saturated carbocycles. The zero-order valence-electron chi connectivity index (χ0n) is 12.2. The molecule has 21 heavy (non-hydrogen) atoms. The number of nitrogens with two attached hydrogens (primary N) is 1. The van der Waals surface area contributed by atoms with Crippen LogP contribution in [0, 0.1) is 0 Å². The number of rotatable bonds is 5. The number of aromatic nitrogens is 2. The number of carbonyl (C=O) groups excluding carboxylic acids is 1. The highest BCUT2D eigenvalue weighted by Crippen LogP contribution is 2.11. The summed E-state index contributed by atoms with van der Waals surface area (Å²) >= 11 is 0. The number of nitrogens with one attached hydrogen (secondary N) is 1. The van der Waals surface area contributed by atoms with Crippen molar-refractivity contribution in [2.45, 2.75) is 13.1 Å². The maximum absolute atomic E-state index is 11.7. The molecular formula is C15H19N5O. The molecule has 1 aromatic heterocycles. The van der Waals surface area contributed by atoms with Crippen LogP contribution in [0.5, 0.6) is 0 Å². The van der Waals surface area contributed by atoms with E-state index in [4.69, 9.17) is 5.73 Å². The number of carbonyl (C=O) groups is 1. The van der Waals surface area contributed by atoms with E-state index in [0.29, 0.717) is 24.6 Å². The van der Waals surface area contributed by atoms with Crippen molar-refractivity contribution in [1.29, 1.82) is 0 Å². The third kappa shape index (κ3) is 3.76. The van der Waals surface area contributed by atoms with Gasteiger partial charge in [-0.2, -0.15) is 0 Å². The Bertz CT molecular complexity index is 610. The summed E-state index contributed by atoms with van der Waals surface area (Å²) in [6.07, 6.45) is 0. The summed E-state index contributed by atoms with van der Waals surface area (Å²) in [5.74, 6) is 0.458. The minimum atomic E-state index is -0.164. The van der Waals surface area contributed by atoms with E-state index in [1.165, 1.54) is 4.90 Å². The standard InChI is InChI=1S/C15H19N5O/c1-20(2)15(21)13-7-8-14(19-18-13)17-10-12-6-4-3-5-11(12)9-16/h3-8H,9-10,16H2,1-2H3,(H,17,19). The largest absolute Gasteiger partial charge is 0.364 e. The van der Waals surface area contributed by atoms with Gasteiger partial charge in [0.15, 0.2) is 5.69 Å². The first-order chi connectivity index (χ1) is 10.1.